The third kappa shape index (κ3) is 6.35. The molecule has 2 heterocycles. The minimum atomic E-state index is 0. The molecule has 0 aromatic carbocycles. The number of thiazole rings is 1. The van der Waals surface area contributed by atoms with Gasteiger partial charge in [0.1, 0.15) is 0 Å². The number of hydrogen-bond acceptors (Lipinski definition) is 5. The fraction of sp³-hybridized carbons (Fsp3) is 0.714. The van der Waals surface area contributed by atoms with Crippen molar-refractivity contribution in [3.8, 4) is 0 Å². The second kappa shape index (κ2) is 10.3. The first-order chi connectivity index (χ1) is 10.2. The number of hydrogen-bond donors (Lipinski definition) is 1. The molecule has 1 N–H and O–H groups in total. The molecule has 0 unspecified atom stereocenters. The zero-order chi connectivity index (χ0) is 15.1. The quantitative estimate of drug-likeness (QED) is 0.427. The average Bonchev–Trinajstić information content (AvgIpc) is 2.89. The molecule has 1 aromatic heterocycles. The van der Waals surface area contributed by atoms with Gasteiger partial charge in [0.05, 0.1) is 30.5 Å². The molecular weight excluding hydrogens is 413 g/mol. The van der Waals surface area contributed by atoms with Crippen molar-refractivity contribution in [1.82, 2.24) is 20.1 Å². The Balaban J connectivity index is 0.00000242. The maximum Gasteiger partial charge on any atom is 0.193 e. The van der Waals surface area contributed by atoms with Gasteiger partial charge in [-0.25, -0.2) is 4.98 Å². The first-order valence-corrected chi connectivity index (χ1v) is 8.20. The highest BCUT2D eigenvalue weighted by molar-refractivity contribution is 14.0. The Hall–Kier alpha value is -0.450. The number of aryl methyl sites for hydroxylation is 1. The van der Waals surface area contributed by atoms with Gasteiger partial charge in [-0.2, -0.15) is 0 Å². The van der Waals surface area contributed by atoms with E-state index in [9.17, 15) is 0 Å². The maximum atomic E-state index is 5.35. The first kappa shape index (κ1) is 19.6. The first-order valence-electron chi connectivity index (χ1n) is 7.32. The van der Waals surface area contributed by atoms with Crippen LogP contribution in [0.2, 0.25) is 0 Å². The number of guanidine groups is 1. The van der Waals surface area contributed by atoms with Gasteiger partial charge in [0.2, 0.25) is 0 Å². The molecule has 6 nitrogen and oxygen atoms in total. The number of ether oxygens (including phenoxy) is 1. The summed E-state index contributed by atoms with van der Waals surface area (Å²) < 4.78 is 5.35. The van der Waals surface area contributed by atoms with Crippen LogP contribution in [-0.4, -0.2) is 74.2 Å². The summed E-state index contributed by atoms with van der Waals surface area (Å²) in [5.74, 6) is 0.911. The zero-order valence-corrected chi connectivity index (χ0v) is 16.7. The van der Waals surface area contributed by atoms with E-state index in [4.69, 9.17) is 4.74 Å². The van der Waals surface area contributed by atoms with Crippen LogP contribution < -0.4 is 5.32 Å². The third-order valence-corrected chi connectivity index (χ3v) is 4.28. The molecule has 1 fully saturated rings. The fourth-order valence-electron chi connectivity index (χ4n) is 2.33. The van der Waals surface area contributed by atoms with Gasteiger partial charge in [-0.15, -0.1) is 35.3 Å². The van der Waals surface area contributed by atoms with Crippen LogP contribution in [0.3, 0.4) is 0 Å². The summed E-state index contributed by atoms with van der Waals surface area (Å²) in [7, 11) is 3.86. The molecule has 0 saturated carbocycles. The lowest BCUT2D eigenvalue weighted by Crippen LogP contribution is -2.44. The van der Waals surface area contributed by atoms with Gasteiger partial charge in [0, 0.05) is 45.7 Å². The lowest BCUT2D eigenvalue weighted by atomic mass is 10.4. The SMILES string of the molecule is CN=C(NCCN1CCOCC1)N(C)Cc1csc(C)n1.I. The topological polar surface area (TPSA) is 53.0 Å². The number of aromatic nitrogens is 1. The van der Waals surface area contributed by atoms with E-state index in [0.29, 0.717) is 0 Å². The average molecular weight is 439 g/mol. The van der Waals surface area contributed by atoms with Crippen molar-refractivity contribution in [1.29, 1.82) is 0 Å². The molecule has 8 heteroatoms. The second-order valence-corrected chi connectivity index (χ2v) is 6.20. The Morgan fingerprint density at radius 3 is 2.82 bits per heavy atom. The molecule has 1 aliphatic heterocycles. The van der Waals surface area contributed by atoms with Crippen molar-refractivity contribution in [2.75, 3.05) is 53.5 Å². The molecule has 0 amide bonds. The number of morpholine rings is 1. The zero-order valence-electron chi connectivity index (χ0n) is 13.5. The predicted molar refractivity (Wildman–Crippen MR) is 102 cm³/mol. The second-order valence-electron chi connectivity index (χ2n) is 5.14. The highest BCUT2D eigenvalue weighted by atomic mass is 127. The van der Waals surface area contributed by atoms with Crippen LogP contribution in [0.1, 0.15) is 10.7 Å². The molecule has 0 aliphatic carbocycles. The summed E-state index contributed by atoms with van der Waals surface area (Å²) in [5, 5.41) is 6.62. The molecule has 0 bridgehead atoms. The van der Waals surface area contributed by atoms with Crippen molar-refractivity contribution in [3.05, 3.63) is 16.1 Å². The molecule has 22 heavy (non-hydrogen) atoms. The highest BCUT2D eigenvalue weighted by Crippen LogP contribution is 2.09. The summed E-state index contributed by atoms with van der Waals surface area (Å²) in [4.78, 5) is 13.3. The van der Waals surface area contributed by atoms with Gasteiger partial charge in [-0.05, 0) is 6.92 Å². The number of rotatable bonds is 5. The minimum Gasteiger partial charge on any atom is -0.379 e. The van der Waals surface area contributed by atoms with Crippen LogP contribution in [0.25, 0.3) is 0 Å². The number of nitrogens with one attached hydrogen (secondary N) is 1. The molecule has 2 rings (SSSR count). The van der Waals surface area contributed by atoms with E-state index in [1.807, 2.05) is 21.0 Å². The van der Waals surface area contributed by atoms with Gasteiger partial charge in [-0.1, -0.05) is 0 Å². The van der Waals surface area contributed by atoms with Crippen molar-refractivity contribution in [2.45, 2.75) is 13.5 Å². The Kier molecular flexibility index (Phi) is 9.22. The van der Waals surface area contributed by atoms with Crippen LogP contribution in [0.15, 0.2) is 10.4 Å². The van der Waals surface area contributed by atoms with Gasteiger partial charge in [0.25, 0.3) is 0 Å². The Labute approximate surface area is 154 Å². The van der Waals surface area contributed by atoms with E-state index >= 15 is 0 Å². The fourth-order valence-corrected chi connectivity index (χ4v) is 2.94. The maximum absolute atomic E-state index is 5.35. The Bertz CT molecular complexity index is 462. The lowest BCUT2D eigenvalue weighted by Gasteiger charge is -2.27. The van der Waals surface area contributed by atoms with Crippen LogP contribution in [0, 0.1) is 6.92 Å². The van der Waals surface area contributed by atoms with Crippen LogP contribution in [0.5, 0.6) is 0 Å². The van der Waals surface area contributed by atoms with E-state index in [1.165, 1.54) is 0 Å². The van der Waals surface area contributed by atoms with E-state index in [-0.39, 0.29) is 24.0 Å². The van der Waals surface area contributed by atoms with E-state index in [1.54, 1.807) is 11.3 Å². The van der Waals surface area contributed by atoms with Gasteiger partial charge >= 0.3 is 0 Å². The van der Waals surface area contributed by atoms with Crippen molar-refractivity contribution >= 4 is 41.3 Å². The minimum absolute atomic E-state index is 0. The van der Waals surface area contributed by atoms with E-state index in [2.05, 4.69) is 30.5 Å². The van der Waals surface area contributed by atoms with Crippen molar-refractivity contribution in [2.24, 2.45) is 4.99 Å². The largest absolute Gasteiger partial charge is 0.379 e. The Morgan fingerprint density at radius 1 is 1.50 bits per heavy atom. The molecule has 1 saturated heterocycles. The molecule has 0 atom stereocenters. The predicted octanol–water partition coefficient (Wildman–Crippen LogP) is 1.41. The monoisotopic (exact) mass is 439 g/mol. The molecule has 0 radical (unpaired) electrons. The third-order valence-electron chi connectivity index (χ3n) is 3.45. The lowest BCUT2D eigenvalue weighted by molar-refractivity contribution is 0.0388. The summed E-state index contributed by atoms with van der Waals surface area (Å²) in [6, 6.07) is 0. The van der Waals surface area contributed by atoms with Crippen molar-refractivity contribution in [3.63, 3.8) is 0 Å². The normalized spacial score (nSPS) is 16.2. The van der Waals surface area contributed by atoms with Crippen LogP contribution >= 0.6 is 35.3 Å². The number of aliphatic imine (C=N–C) groups is 1. The summed E-state index contributed by atoms with van der Waals surface area (Å²) in [6.07, 6.45) is 0. The summed E-state index contributed by atoms with van der Waals surface area (Å²) >= 11 is 1.69. The van der Waals surface area contributed by atoms with Crippen molar-refractivity contribution < 1.29 is 4.74 Å². The highest BCUT2D eigenvalue weighted by Gasteiger charge is 2.11. The van der Waals surface area contributed by atoms with Crippen LogP contribution in [-0.2, 0) is 11.3 Å². The molecule has 126 valence electrons. The van der Waals surface area contributed by atoms with Crippen LogP contribution in [0.4, 0.5) is 0 Å². The molecule has 1 aromatic rings. The van der Waals surface area contributed by atoms with Gasteiger partial charge in [0.15, 0.2) is 5.96 Å². The van der Waals surface area contributed by atoms with Gasteiger partial charge < -0.3 is 15.0 Å². The van der Waals surface area contributed by atoms with Gasteiger partial charge in [-0.3, -0.25) is 9.89 Å². The molecular formula is C14H26IN5OS. The summed E-state index contributed by atoms with van der Waals surface area (Å²) in [5.41, 5.74) is 1.09. The van der Waals surface area contributed by atoms with E-state index < -0.39 is 0 Å². The summed E-state index contributed by atoms with van der Waals surface area (Å²) in [6.45, 7) is 8.46. The van der Waals surface area contributed by atoms with E-state index in [0.717, 1.165) is 62.6 Å². The number of nitrogens with zero attached hydrogens (tertiary/aromatic N) is 4. The smallest absolute Gasteiger partial charge is 0.193 e. The standard InChI is InChI=1S/C14H25N5OS.HI/c1-12-17-13(11-21-12)10-18(3)14(15-2)16-4-5-19-6-8-20-9-7-19;/h11H,4-10H2,1-3H3,(H,15,16);1H. The molecule has 1 aliphatic rings. The Morgan fingerprint density at radius 2 is 2.23 bits per heavy atom. The molecule has 0 spiro atoms. The number of halogens is 1.